The van der Waals surface area contributed by atoms with E-state index in [4.69, 9.17) is 11.6 Å². The van der Waals surface area contributed by atoms with Crippen molar-refractivity contribution in [3.05, 3.63) is 95.8 Å². The van der Waals surface area contributed by atoms with Gasteiger partial charge >= 0.3 is 0 Å². The molecule has 0 spiro atoms. The van der Waals surface area contributed by atoms with E-state index in [9.17, 15) is 4.79 Å². The van der Waals surface area contributed by atoms with Crippen LogP contribution in [0.5, 0.6) is 0 Å². The molecule has 160 valence electrons. The lowest BCUT2D eigenvalue weighted by molar-refractivity contribution is 0.0953. The molecular weight excluding hydrogens is 424 g/mol. The number of aryl methyl sites for hydroxylation is 1. The fraction of sp³-hybridized carbons (Fsp3) is 0.125. The first-order valence-corrected chi connectivity index (χ1v) is 10.5. The second-order valence-electron chi connectivity index (χ2n) is 7.11. The van der Waals surface area contributed by atoms with E-state index in [-0.39, 0.29) is 5.91 Å². The van der Waals surface area contributed by atoms with Crippen LogP contribution in [0.1, 0.15) is 22.3 Å². The van der Waals surface area contributed by atoms with E-state index in [0.717, 1.165) is 24.1 Å². The van der Waals surface area contributed by atoms with E-state index in [1.807, 2.05) is 30.5 Å². The summed E-state index contributed by atoms with van der Waals surface area (Å²) in [7, 11) is 0. The van der Waals surface area contributed by atoms with Gasteiger partial charge in [-0.05, 0) is 48.7 Å². The molecule has 0 unspecified atom stereocenters. The number of anilines is 2. The lowest BCUT2D eigenvalue weighted by Crippen LogP contribution is -2.25. The first kappa shape index (κ1) is 21.4. The highest BCUT2D eigenvalue weighted by Gasteiger charge is 2.09. The number of halogens is 1. The largest absolute Gasteiger partial charge is 0.352 e. The average molecular weight is 445 g/mol. The third-order valence-electron chi connectivity index (χ3n) is 4.68. The van der Waals surface area contributed by atoms with Crippen molar-refractivity contribution in [1.29, 1.82) is 0 Å². The molecular formula is C24H21ClN6O. The van der Waals surface area contributed by atoms with Crippen LogP contribution in [-0.2, 0) is 6.42 Å². The minimum Gasteiger partial charge on any atom is -0.352 e. The SMILES string of the molecule is O=C(NCCCc1cccnc1)c1cncc(-c2cncc(Nc3cccc(Cl)c3)n2)c1. The lowest BCUT2D eigenvalue weighted by atomic mass is 10.1. The molecule has 0 saturated heterocycles. The van der Waals surface area contributed by atoms with Crippen LogP contribution in [0.15, 0.2) is 79.6 Å². The topological polar surface area (TPSA) is 92.7 Å². The Balaban J connectivity index is 1.39. The van der Waals surface area contributed by atoms with Gasteiger partial charge in [0.1, 0.15) is 5.82 Å². The summed E-state index contributed by atoms with van der Waals surface area (Å²) in [6, 6.07) is 13.0. The van der Waals surface area contributed by atoms with Crippen molar-refractivity contribution in [2.45, 2.75) is 12.8 Å². The number of carbonyl (C=O) groups excluding carboxylic acids is 1. The van der Waals surface area contributed by atoms with E-state index in [2.05, 4.69) is 30.6 Å². The van der Waals surface area contributed by atoms with Gasteiger partial charge in [-0.3, -0.25) is 19.7 Å². The summed E-state index contributed by atoms with van der Waals surface area (Å²) in [6.45, 7) is 0.566. The Labute approximate surface area is 191 Å². The fourth-order valence-electron chi connectivity index (χ4n) is 3.13. The Morgan fingerprint density at radius 2 is 1.84 bits per heavy atom. The number of nitrogens with zero attached hydrogens (tertiary/aromatic N) is 4. The van der Waals surface area contributed by atoms with Gasteiger partial charge in [0, 0.05) is 47.6 Å². The third-order valence-corrected chi connectivity index (χ3v) is 4.91. The first-order valence-electron chi connectivity index (χ1n) is 10.1. The maximum Gasteiger partial charge on any atom is 0.252 e. The Hall–Kier alpha value is -3.84. The van der Waals surface area contributed by atoms with Crippen molar-refractivity contribution < 1.29 is 4.79 Å². The molecule has 4 aromatic rings. The molecule has 7 nitrogen and oxygen atoms in total. The molecule has 0 aliphatic carbocycles. The maximum absolute atomic E-state index is 12.6. The van der Waals surface area contributed by atoms with Gasteiger partial charge in [0.2, 0.25) is 0 Å². The van der Waals surface area contributed by atoms with Gasteiger partial charge in [-0.25, -0.2) is 4.98 Å². The maximum atomic E-state index is 12.6. The number of hydrogen-bond donors (Lipinski definition) is 2. The van der Waals surface area contributed by atoms with Crippen molar-refractivity contribution in [2.24, 2.45) is 0 Å². The highest BCUT2D eigenvalue weighted by Crippen LogP contribution is 2.22. The Morgan fingerprint density at radius 3 is 2.69 bits per heavy atom. The van der Waals surface area contributed by atoms with Crippen molar-refractivity contribution in [2.75, 3.05) is 11.9 Å². The van der Waals surface area contributed by atoms with Gasteiger partial charge in [-0.15, -0.1) is 0 Å². The molecule has 32 heavy (non-hydrogen) atoms. The highest BCUT2D eigenvalue weighted by atomic mass is 35.5. The van der Waals surface area contributed by atoms with E-state index in [0.29, 0.717) is 34.2 Å². The summed E-state index contributed by atoms with van der Waals surface area (Å²) in [5.41, 5.74) is 3.74. The monoisotopic (exact) mass is 444 g/mol. The van der Waals surface area contributed by atoms with Gasteiger partial charge < -0.3 is 10.6 Å². The van der Waals surface area contributed by atoms with Crippen molar-refractivity contribution in [3.63, 3.8) is 0 Å². The lowest BCUT2D eigenvalue weighted by Gasteiger charge is -2.09. The second kappa shape index (κ2) is 10.5. The smallest absolute Gasteiger partial charge is 0.252 e. The van der Waals surface area contributed by atoms with E-state index in [1.165, 1.54) is 0 Å². The summed E-state index contributed by atoms with van der Waals surface area (Å²) < 4.78 is 0. The number of benzene rings is 1. The Morgan fingerprint density at radius 1 is 0.938 bits per heavy atom. The number of pyridine rings is 2. The molecule has 8 heteroatoms. The number of hydrogen-bond acceptors (Lipinski definition) is 6. The number of amides is 1. The molecule has 0 radical (unpaired) electrons. The molecule has 0 saturated carbocycles. The van der Waals surface area contributed by atoms with Crippen LogP contribution in [0.25, 0.3) is 11.3 Å². The van der Waals surface area contributed by atoms with Crippen LogP contribution in [-0.4, -0.2) is 32.4 Å². The van der Waals surface area contributed by atoms with E-state index >= 15 is 0 Å². The zero-order chi connectivity index (χ0) is 22.2. The van der Waals surface area contributed by atoms with E-state index in [1.54, 1.807) is 49.2 Å². The summed E-state index contributed by atoms with van der Waals surface area (Å²) in [4.78, 5) is 29.7. The van der Waals surface area contributed by atoms with Crippen molar-refractivity contribution >= 4 is 29.0 Å². The standard InChI is InChI=1S/C24H21ClN6O/c25-20-6-1-7-21(11-20)30-23-16-28-15-22(31-23)18-10-19(14-27-13-18)24(32)29-9-3-5-17-4-2-8-26-12-17/h1-2,4,6-8,10-16H,3,5,9H2,(H,29,32)(H,30,31). The highest BCUT2D eigenvalue weighted by molar-refractivity contribution is 6.30. The van der Waals surface area contributed by atoms with Crippen LogP contribution < -0.4 is 10.6 Å². The minimum absolute atomic E-state index is 0.174. The van der Waals surface area contributed by atoms with Gasteiger partial charge in [0.25, 0.3) is 5.91 Å². The fourth-order valence-corrected chi connectivity index (χ4v) is 3.32. The number of aromatic nitrogens is 4. The number of nitrogens with one attached hydrogen (secondary N) is 2. The Bertz CT molecular complexity index is 1200. The molecule has 3 heterocycles. The summed E-state index contributed by atoms with van der Waals surface area (Å²) in [6.07, 6.45) is 11.7. The summed E-state index contributed by atoms with van der Waals surface area (Å²) in [5, 5.41) is 6.74. The molecule has 0 fully saturated rings. The molecule has 4 rings (SSSR count). The molecule has 0 aliphatic rings. The van der Waals surface area contributed by atoms with Gasteiger partial charge in [-0.2, -0.15) is 0 Å². The molecule has 0 aliphatic heterocycles. The molecule has 0 bridgehead atoms. The van der Waals surface area contributed by atoms with Gasteiger partial charge in [-0.1, -0.05) is 23.7 Å². The number of carbonyl (C=O) groups is 1. The molecule has 1 amide bonds. The predicted octanol–water partition coefficient (Wildman–Crippen LogP) is 4.69. The average Bonchev–Trinajstić information content (AvgIpc) is 2.83. The summed E-state index contributed by atoms with van der Waals surface area (Å²) in [5.74, 6) is 0.390. The molecule has 3 aromatic heterocycles. The van der Waals surface area contributed by atoms with Crippen LogP contribution in [0.2, 0.25) is 5.02 Å². The Kier molecular flexibility index (Phi) is 6.99. The zero-order valence-electron chi connectivity index (χ0n) is 17.2. The third kappa shape index (κ3) is 5.86. The first-order chi connectivity index (χ1) is 15.7. The molecule has 0 atom stereocenters. The predicted molar refractivity (Wildman–Crippen MR) is 125 cm³/mol. The quantitative estimate of drug-likeness (QED) is 0.383. The van der Waals surface area contributed by atoms with E-state index < -0.39 is 0 Å². The molecule has 1 aromatic carbocycles. The van der Waals surface area contributed by atoms with Gasteiger partial charge in [0.15, 0.2) is 0 Å². The van der Waals surface area contributed by atoms with Crippen LogP contribution in [0, 0.1) is 0 Å². The minimum atomic E-state index is -0.174. The van der Waals surface area contributed by atoms with Crippen molar-refractivity contribution in [1.82, 2.24) is 25.3 Å². The van der Waals surface area contributed by atoms with Crippen LogP contribution in [0.4, 0.5) is 11.5 Å². The zero-order valence-corrected chi connectivity index (χ0v) is 18.0. The normalized spacial score (nSPS) is 10.5. The second-order valence-corrected chi connectivity index (χ2v) is 7.54. The number of rotatable bonds is 8. The van der Waals surface area contributed by atoms with Crippen LogP contribution in [0.3, 0.4) is 0 Å². The van der Waals surface area contributed by atoms with Crippen molar-refractivity contribution in [3.8, 4) is 11.3 Å². The van der Waals surface area contributed by atoms with Crippen LogP contribution >= 0.6 is 11.6 Å². The summed E-state index contributed by atoms with van der Waals surface area (Å²) >= 11 is 6.04. The molecule has 2 N–H and O–H groups in total. The van der Waals surface area contributed by atoms with Gasteiger partial charge in [0.05, 0.1) is 23.7 Å².